The van der Waals surface area contributed by atoms with E-state index in [1.54, 1.807) is 31.6 Å². The number of aromatic nitrogens is 6. The number of nitrogens with zero attached hydrogens (tertiary/aromatic N) is 7. The molecule has 11 N–H and O–H groups in total. The van der Waals surface area contributed by atoms with E-state index in [1.165, 1.54) is 31.9 Å². The summed E-state index contributed by atoms with van der Waals surface area (Å²) < 4.78 is 51.6. The molecule has 78 heavy (non-hydrogen) atoms. The summed E-state index contributed by atoms with van der Waals surface area (Å²) in [6, 6.07) is 11.4. The number of hydrogen-bond donors (Lipinski definition) is 9. The van der Waals surface area contributed by atoms with Crippen LogP contribution in [0.4, 0.5) is 47.9 Å². The van der Waals surface area contributed by atoms with Crippen LogP contribution in [0, 0.1) is 32.6 Å². The number of carbonyl (C=O) groups is 2. The number of nitrogen functional groups attached to an aromatic ring is 1. The maximum absolute atomic E-state index is 13.2. The monoisotopic (exact) mass is 1090 g/mol. The number of fused-ring (bicyclic) bond motifs is 2. The van der Waals surface area contributed by atoms with E-state index in [1.807, 2.05) is 35.2 Å². The molecule has 2 aromatic heterocycles. The minimum absolute atomic E-state index is 0.0128. The molecule has 418 valence electrons. The molecule has 4 aliphatic heterocycles. The molecule has 1 aliphatic carbocycles. The third kappa shape index (κ3) is 12.0. The SMILES string of the molecule is CCC1CCN(c2ccc(Nc3nc(C(=O)O)c4c(=O)c(C(N)=O)c(N)n(CC(C)(C)O)c4n3)c(OC)c2)CC1.COc1cc(C2CCN(CCC(F)(F)F)CC2)ccc1Nc1nc2c3c(=O)c(c(=N)n2CC(C)(C)O)c3[nH]1. The van der Waals surface area contributed by atoms with Gasteiger partial charge >= 0.3 is 12.1 Å². The molecule has 0 saturated carbocycles. The lowest BCUT2D eigenvalue weighted by atomic mass is 9.89. The van der Waals surface area contributed by atoms with E-state index in [4.69, 9.17) is 26.4 Å². The highest BCUT2D eigenvalue weighted by molar-refractivity contribution is 6.06. The summed E-state index contributed by atoms with van der Waals surface area (Å²) in [7, 11) is 3.08. The van der Waals surface area contributed by atoms with E-state index in [-0.39, 0.29) is 59.1 Å². The van der Waals surface area contributed by atoms with E-state index in [9.17, 15) is 47.7 Å². The largest absolute Gasteiger partial charge is 0.495 e. The fourth-order valence-electron chi connectivity index (χ4n) is 10.3. The zero-order valence-corrected chi connectivity index (χ0v) is 44.5. The quantitative estimate of drug-likeness (QED) is 0.0555. The summed E-state index contributed by atoms with van der Waals surface area (Å²) in [4.78, 5) is 70.3. The molecule has 0 radical (unpaired) electrons. The van der Waals surface area contributed by atoms with Gasteiger partial charge < -0.3 is 70.8 Å². The van der Waals surface area contributed by atoms with Crippen LogP contribution in [-0.2, 0) is 13.1 Å². The number of nitrogens with two attached hydrogens (primary N) is 2. The molecule has 25 heteroatoms. The number of carbonyl (C=O) groups excluding carboxylic acids is 1. The first-order chi connectivity index (χ1) is 36.7. The zero-order chi connectivity index (χ0) is 56.8. The van der Waals surface area contributed by atoms with Crippen LogP contribution in [0.25, 0.3) is 11.0 Å². The van der Waals surface area contributed by atoms with Crippen molar-refractivity contribution in [1.82, 2.24) is 34.0 Å². The van der Waals surface area contributed by atoms with E-state index in [2.05, 4.69) is 42.4 Å². The van der Waals surface area contributed by atoms with Crippen LogP contribution in [0.1, 0.15) is 105 Å². The molecule has 2 bridgehead atoms. The molecule has 1 amide bonds. The summed E-state index contributed by atoms with van der Waals surface area (Å²) >= 11 is 0. The molecule has 5 aliphatic rings. The average molecular weight is 1090 g/mol. The number of benzene rings is 2. The number of rotatable bonds is 17. The van der Waals surface area contributed by atoms with E-state index in [0.29, 0.717) is 58.0 Å². The number of piperidine rings is 2. The summed E-state index contributed by atoms with van der Waals surface area (Å²) in [5.41, 5.74) is 9.86. The van der Waals surface area contributed by atoms with Gasteiger partial charge in [0.2, 0.25) is 22.8 Å². The molecule has 2 fully saturated rings. The number of nitrogens with one attached hydrogen (secondary N) is 4. The number of carboxylic acid groups (broad SMARTS) is 1. The molecule has 9 rings (SSSR count). The van der Waals surface area contributed by atoms with Gasteiger partial charge in [-0.2, -0.15) is 23.1 Å². The van der Waals surface area contributed by atoms with Gasteiger partial charge in [-0.15, -0.1) is 0 Å². The summed E-state index contributed by atoms with van der Waals surface area (Å²) in [5.74, 6) is -0.792. The number of carboxylic acids is 1. The highest BCUT2D eigenvalue weighted by atomic mass is 19.4. The number of ether oxygens (including phenoxy) is 2. The summed E-state index contributed by atoms with van der Waals surface area (Å²) in [6.07, 6.45) is 0.0286. The molecule has 0 unspecified atom stereocenters. The van der Waals surface area contributed by atoms with Crippen molar-refractivity contribution >= 4 is 57.7 Å². The number of amides is 1. The molecule has 0 spiro atoms. The van der Waals surface area contributed by atoms with Crippen LogP contribution in [0.2, 0.25) is 0 Å². The van der Waals surface area contributed by atoms with E-state index < -0.39 is 57.7 Å². The van der Waals surface area contributed by atoms with E-state index >= 15 is 0 Å². The minimum Gasteiger partial charge on any atom is -0.495 e. The van der Waals surface area contributed by atoms with Gasteiger partial charge in [0.25, 0.3) is 5.91 Å². The fraction of sp³-hybridized carbons (Fsp3) is 0.472. The fourth-order valence-corrected chi connectivity index (χ4v) is 10.3. The number of methoxy groups -OCH3 is 2. The number of aromatic carboxylic acids is 1. The predicted molar refractivity (Wildman–Crippen MR) is 285 cm³/mol. The van der Waals surface area contributed by atoms with Crippen molar-refractivity contribution in [2.75, 3.05) is 68.2 Å². The Bertz CT molecular complexity index is 3650. The van der Waals surface area contributed by atoms with Crippen molar-refractivity contribution in [2.24, 2.45) is 11.7 Å². The number of aromatic amines is 1. The number of halogens is 3. The van der Waals surface area contributed by atoms with Gasteiger partial charge in [-0.25, -0.2) is 9.78 Å². The van der Waals surface area contributed by atoms with Crippen LogP contribution >= 0.6 is 0 Å². The van der Waals surface area contributed by atoms with Gasteiger partial charge in [0.05, 0.1) is 77.5 Å². The highest BCUT2D eigenvalue weighted by Gasteiger charge is 2.31. The van der Waals surface area contributed by atoms with Crippen molar-refractivity contribution in [3.63, 3.8) is 0 Å². The van der Waals surface area contributed by atoms with Gasteiger partial charge in [-0.3, -0.25) is 19.8 Å². The molecular weight excluding hydrogens is 1020 g/mol. The van der Waals surface area contributed by atoms with Crippen molar-refractivity contribution in [2.45, 2.75) is 110 Å². The topological polar surface area (TPSA) is 318 Å². The Hall–Kier alpha value is -7.77. The molecule has 2 saturated heterocycles. The number of likely N-dealkylation sites (tertiary alicyclic amines) is 1. The number of aliphatic hydroxyl groups is 2. The minimum atomic E-state index is -4.14. The lowest BCUT2D eigenvalue weighted by Crippen LogP contribution is -2.41. The molecule has 4 aromatic rings. The second-order valence-electron chi connectivity index (χ2n) is 21.3. The number of primary amides is 1. The lowest BCUT2D eigenvalue weighted by molar-refractivity contribution is -0.138. The number of alkyl halides is 3. The van der Waals surface area contributed by atoms with Crippen LogP contribution in [0.15, 0.2) is 46.0 Å². The second-order valence-corrected chi connectivity index (χ2v) is 21.3. The number of anilines is 6. The molecular formula is C53H66F3N13O9. The molecule has 22 nitrogen and oxygen atoms in total. The zero-order valence-electron chi connectivity index (χ0n) is 44.5. The van der Waals surface area contributed by atoms with Gasteiger partial charge in [0.15, 0.2) is 16.8 Å². The first kappa shape index (κ1) is 56.4. The van der Waals surface area contributed by atoms with Crippen molar-refractivity contribution in [3.05, 3.63) is 100 Å². The average Bonchev–Trinajstić information content (AvgIpc) is 3.32. The first-order valence-electron chi connectivity index (χ1n) is 25.6. The van der Waals surface area contributed by atoms with Crippen molar-refractivity contribution in [1.29, 1.82) is 5.41 Å². The standard InChI is InChI=1S/C27H35N7O6.C26H31F3N6O3/c1-5-14-8-10-33(11-9-14)15-6-7-16(17(12-15)40-4)30-26-31-20(25(37)38)18-21(35)19(23(29)36)22(28)34(24(18)32-26)13-27(2,3)39;1-25(2,37)13-35-22(30)18-20-19(21(18)36)23(35)33-24(32-20)31-16-5-4-15(12-17(16)38-3)14-6-9-34(10-7-14)11-8-26(27,28)29/h6-7,12,14,39H,5,8-11,13,28H2,1-4H3,(H2,29,36)(H,37,38)(H,30,31,32);4-5,12,14,30,37H,6-11,13H2,1-3H3,(H2,31,32,33). The van der Waals surface area contributed by atoms with Gasteiger partial charge in [-0.1, -0.05) is 19.4 Å². The molecule has 0 atom stereocenters. The maximum atomic E-state index is 13.2. The Balaban J connectivity index is 0.000000206. The Morgan fingerprint density at radius 1 is 0.846 bits per heavy atom. The van der Waals surface area contributed by atoms with Crippen LogP contribution < -0.4 is 52.8 Å². The van der Waals surface area contributed by atoms with Crippen LogP contribution in [-0.4, -0.2) is 125 Å². The summed E-state index contributed by atoms with van der Waals surface area (Å²) in [6.45, 7) is 11.5. The second kappa shape index (κ2) is 21.9. The van der Waals surface area contributed by atoms with Crippen LogP contribution in [0.5, 0.6) is 11.5 Å². The Morgan fingerprint density at radius 2 is 1.46 bits per heavy atom. The Labute approximate surface area is 444 Å². The Morgan fingerprint density at radius 3 is 2.05 bits per heavy atom. The van der Waals surface area contributed by atoms with Crippen LogP contribution in [0.3, 0.4) is 0 Å². The molecule has 2 aromatic carbocycles. The van der Waals surface area contributed by atoms with Gasteiger partial charge in [0, 0.05) is 31.4 Å². The van der Waals surface area contributed by atoms with Gasteiger partial charge in [0.1, 0.15) is 28.4 Å². The third-order valence-electron chi connectivity index (χ3n) is 14.3. The third-order valence-corrected chi connectivity index (χ3v) is 14.3. The number of H-pyrrole nitrogens is 1. The van der Waals surface area contributed by atoms with Gasteiger partial charge in [-0.05, 0) is 108 Å². The normalized spacial score (nSPS) is 15.3. The summed E-state index contributed by atoms with van der Waals surface area (Å²) in [5, 5.41) is 46.2. The first-order valence-corrected chi connectivity index (χ1v) is 25.6. The Kier molecular flexibility index (Phi) is 15.9. The predicted octanol–water partition coefficient (Wildman–Crippen LogP) is 5.35. The highest BCUT2D eigenvalue weighted by Crippen LogP contribution is 2.37. The van der Waals surface area contributed by atoms with Crippen molar-refractivity contribution in [3.8, 4) is 11.5 Å². The van der Waals surface area contributed by atoms with E-state index in [0.717, 1.165) is 55.9 Å². The lowest BCUT2D eigenvalue weighted by Gasteiger charge is -2.33. The molecule has 6 heterocycles. The number of pyridine rings is 1. The van der Waals surface area contributed by atoms with Crippen molar-refractivity contribution < 1.29 is 47.6 Å². The maximum Gasteiger partial charge on any atom is 0.390 e. The smallest absolute Gasteiger partial charge is 0.390 e. The number of hydrogen-bond acceptors (Lipinski definition) is 17.